The van der Waals surface area contributed by atoms with E-state index in [9.17, 15) is 4.79 Å². The molecule has 0 atom stereocenters. The number of anilines is 1. The molecule has 0 aromatic heterocycles. The molecule has 4 heteroatoms. The lowest BCUT2D eigenvalue weighted by molar-refractivity contribution is -0.117. The highest BCUT2D eigenvalue weighted by Gasteiger charge is 2.10. The molecule has 0 spiro atoms. The summed E-state index contributed by atoms with van der Waals surface area (Å²) in [6.07, 6.45) is 0. The number of amides is 1. The SMILES string of the molecule is Cc1ccc(CN(C)CC(=O)Nc2cccc(Cl)c2C)c(C)c1. The van der Waals surface area contributed by atoms with E-state index in [4.69, 9.17) is 11.6 Å². The van der Waals surface area contributed by atoms with E-state index in [0.29, 0.717) is 11.6 Å². The molecule has 23 heavy (non-hydrogen) atoms. The molecule has 0 aliphatic rings. The highest BCUT2D eigenvalue weighted by atomic mass is 35.5. The Morgan fingerprint density at radius 1 is 1.17 bits per heavy atom. The first-order valence-electron chi connectivity index (χ1n) is 7.66. The Balaban J connectivity index is 1.95. The zero-order chi connectivity index (χ0) is 17.0. The number of halogens is 1. The lowest BCUT2D eigenvalue weighted by atomic mass is 10.1. The van der Waals surface area contributed by atoms with E-state index < -0.39 is 0 Å². The number of nitrogens with one attached hydrogen (secondary N) is 1. The minimum atomic E-state index is -0.0392. The molecule has 2 aromatic rings. The maximum Gasteiger partial charge on any atom is 0.238 e. The van der Waals surface area contributed by atoms with E-state index in [-0.39, 0.29) is 5.91 Å². The summed E-state index contributed by atoms with van der Waals surface area (Å²) < 4.78 is 0. The third-order valence-corrected chi connectivity index (χ3v) is 4.30. The largest absolute Gasteiger partial charge is 0.325 e. The summed E-state index contributed by atoms with van der Waals surface area (Å²) in [4.78, 5) is 14.2. The van der Waals surface area contributed by atoms with Gasteiger partial charge in [-0.3, -0.25) is 9.69 Å². The van der Waals surface area contributed by atoms with Crippen molar-refractivity contribution in [3.05, 3.63) is 63.7 Å². The van der Waals surface area contributed by atoms with E-state index in [0.717, 1.165) is 17.8 Å². The predicted octanol–water partition coefficient (Wildman–Crippen LogP) is 4.34. The Morgan fingerprint density at radius 3 is 2.61 bits per heavy atom. The zero-order valence-corrected chi connectivity index (χ0v) is 14.9. The van der Waals surface area contributed by atoms with Gasteiger partial charge in [0.05, 0.1) is 6.54 Å². The lowest BCUT2D eigenvalue weighted by Crippen LogP contribution is -2.30. The molecule has 0 unspecified atom stereocenters. The van der Waals surface area contributed by atoms with Crippen molar-refractivity contribution in [2.24, 2.45) is 0 Å². The van der Waals surface area contributed by atoms with Gasteiger partial charge in [0.25, 0.3) is 0 Å². The van der Waals surface area contributed by atoms with Gasteiger partial charge in [-0.05, 0) is 56.6 Å². The first-order chi connectivity index (χ1) is 10.9. The zero-order valence-electron chi connectivity index (χ0n) is 14.1. The maximum absolute atomic E-state index is 12.2. The van der Waals surface area contributed by atoms with Crippen LogP contribution in [0, 0.1) is 20.8 Å². The van der Waals surface area contributed by atoms with Gasteiger partial charge in [-0.25, -0.2) is 0 Å². The Morgan fingerprint density at radius 2 is 1.91 bits per heavy atom. The fourth-order valence-corrected chi connectivity index (χ4v) is 2.72. The van der Waals surface area contributed by atoms with Crippen LogP contribution in [0.2, 0.25) is 5.02 Å². The van der Waals surface area contributed by atoms with E-state index in [1.165, 1.54) is 16.7 Å². The maximum atomic E-state index is 12.2. The van der Waals surface area contributed by atoms with Gasteiger partial charge in [0.1, 0.15) is 0 Å². The first kappa shape index (κ1) is 17.5. The van der Waals surface area contributed by atoms with Crippen LogP contribution in [0.1, 0.15) is 22.3 Å². The minimum Gasteiger partial charge on any atom is -0.325 e. The fourth-order valence-electron chi connectivity index (χ4n) is 2.55. The number of hydrogen-bond donors (Lipinski definition) is 1. The molecule has 0 saturated carbocycles. The summed E-state index contributed by atoms with van der Waals surface area (Å²) in [7, 11) is 1.95. The monoisotopic (exact) mass is 330 g/mol. The number of rotatable bonds is 5. The standard InChI is InChI=1S/C19H23ClN2O/c1-13-8-9-16(14(2)10-13)11-22(4)12-19(23)21-18-7-5-6-17(20)15(18)3/h5-10H,11-12H2,1-4H3,(H,21,23). The summed E-state index contributed by atoms with van der Waals surface area (Å²) >= 11 is 6.08. The molecule has 0 radical (unpaired) electrons. The topological polar surface area (TPSA) is 32.3 Å². The van der Waals surface area contributed by atoms with Crippen LogP contribution in [0.15, 0.2) is 36.4 Å². The molecular weight excluding hydrogens is 308 g/mol. The fraction of sp³-hybridized carbons (Fsp3) is 0.316. The van der Waals surface area contributed by atoms with Gasteiger partial charge in [-0.1, -0.05) is 41.4 Å². The second-order valence-electron chi connectivity index (χ2n) is 6.06. The third kappa shape index (κ3) is 4.81. The van der Waals surface area contributed by atoms with Crippen LogP contribution in [0.25, 0.3) is 0 Å². The number of nitrogens with zero attached hydrogens (tertiary/aromatic N) is 1. The number of hydrogen-bond acceptors (Lipinski definition) is 2. The van der Waals surface area contributed by atoms with Crippen LogP contribution in [0.3, 0.4) is 0 Å². The Labute approximate surface area is 143 Å². The molecule has 0 fully saturated rings. The number of aryl methyl sites for hydroxylation is 2. The number of likely N-dealkylation sites (N-methyl/N-ethyl adjacent to an activating group) is 1. The Bertz CT molecular complexity index is 713. The van der Waals surface area contributed by atoms with Crippen LogP contribution < -0.4 is 5.32 Å². The quantitative estimate of drug-likeness (QED) is 0.884. The van der Waals surface area contributed by atoms with Crippen molar-refractivity contribution in [2.75, 3.05) is 18.9 Å². The van der Waals surface area contributed by atoms with Crippen LogP contribution in [-0.2, 0) is 11.3 Å². The highest BCUT2D eigenvalue weighted by Crippen LogP contribution is 2.22. The molecule has 0 heterocycles. The van der Waals surface area contributed by atoms with Gasteiger partial charge < -0.3 is 5.32 Å². The molecule has 2 rings (SSSR count). The molecule has 0 bridgehead atoms. The molecular formula is C19H23ClN2O. The van der Waals surface area contributed by atoms with E-state index >= 15 is 0 Å². The molecule has 3 nitrogen and oxygen atoms in total. The van der Waals surface area contributed by atoms with E-state index in [1.807, 2.05) is 37.1 Å². The Hall–Kier alpha value is -1.84. The van der Waals surface area contributed by atoms with E-state index in [1.54, 1.807) is 0 Å². The van der Waals surface area contributed by atoms with Gasteiger partial charge in [0, 0.05) is 17.3 Å². The van der Waals surface area contributed by atoms with Crippen LogP contribution in [0.5, 0.6) is 0 Å². The molecule has 122 valence electrons. The van der Waals surface area contributed by atoms with Gasteiger partial charge in [-0.2, -0.15) is 0 Å². The van der Waals surface area contributed by atoms with Crippen molar-refractivity contribution < 1.29 is 4.79 Å². The van der Waals surface area contributed by atoms with Crippen LogP contribution >= 0.6 is 11.6 Å². The van der Waals surface area contributed by atoms with Crippen LogP contribution in [0.4, 0.5) is 5.69 Å². The number of benzene rings is 2. The van der Waals surface area contributed by atoms with Crippen molar-refractivity contribution in [1.82, 2.24) is 4.90 Å². The summed E-state index contributed by atoms with van der Waals surface area (Å²) in [6, 6.07) is 11.9. The van der Waals surface area contributed by atoms with Crippen molar-refractivity contribution in [2.45, 2.75) is 27.3 Å². The van der Waals surface area contributed by atoms with Crippen molar-refractivity contribution in [1.29, 1.82) is 0 Å². The predicted molar refractivity (Wildman–Crippen MR) is 97.1 cm³/mol. The van der Waals surface area contributed by atoms with Gasteiger partial charge in [0.15, 0.2) is 0 Å². The second-order valence-corrected chi connectivity index (χ2v) is 6.47. The van der Waals surface area contributed by atoms with Crippen LogP contribution in [-0.4, -0.2) is 24.4 Å². The average molecular weight is 331 g/mol. The second kappa shape index (κ2) is 7.62. The first-order valence-corrected chi connectivity index (χ1v) is 8.04. The molecule has 0 aliphatic heterocycles. The highest BCUT2D eigenvalue weighted by molar-refractivity contribution is 6.31. The van der Waals surface area contributed by atoms with Crippen molar-refractivity contribution in [3.63, 3.8) is 0 Å². The number of carbonyl (C=O) groups excluding carboxylic acids is 1. The minimum absolute atomic E-state index is 0.0392. The van der Waals surface area contributed by atoms with Gasteiger partial charge >= 0.3 is 0 Å². The van der Waals surface area contributed by atoms with Gasteiger partial charge in [0.2, 0.25) is 5.91 Å². The summed E-state index contributed by atoms with van der Waals surface area (Å²) in [5, 5.41) is 3.59. The molecule has 0 aliphatic carbocycles. The molecule has 1 N–H and O–H groups in total. The third-order valence-electron chi connectivity index (χ3n) is 3.89. The summed E-state index contributed by atoms with van der Waals surface area (Å²) in [5.41, 5.74) is 5.40. The number of carbonyl (C=O) groups is 1. The van der Waals surface area contributed by atoms with E-state index in [2.05, 4.69) is 37.4 Å². The lowest BCUT2D eigenvalue weighted by Gasteiger charge is -2.18. The average Bonchev–Trinajstić information content (AvgIpc) is 2.47. The normalized spacial score (nSPS) is 10.9. The van der Waals surface area contributed by atoms with Gasteiger partial charge in [-0.15, -0.1) is 0 Å². The van der Waals surface area contributed by atoms with Crippen molar-refractivity contribution in [3.8, 4) is 0 Å². The molecule has 2 aromatic carbocycles. The summed E-state index contributed by atoms with van der Waals surface area (Å²) in [6.45, 7) is 7.16. The molecule has 1 amide bonds. The summed E-state index contributed by atoms with van der Waals surface area (Å²) in [5.74, 6) is -0.0392. The molecule has 0 saturated heterocycles. The smallest absolute Gasteiger partial charge is 0.238 e. The Kier molecular flexibility index (Phi) is 5.80. The van der Waals surface area contributed by atoms with Crippen molar-refractivity contribution >= 4 is 23.2 Å².